The van der Waals surface area contributed by atoms with Crippen molar-refractivity contribution in [3.63, 3.8) is 0 Å². The zero-order valence-electron chi connectivity index (χ0n) is 5.82. The molecule has 0 fully saturated rings. The van der Waals surface area contributed by atoms with Crippen LogP contribution in [0, 0.1) is 6.57 Å². The third kappa shape index (κ3) is 9.24. The Labute approximate surface area is 62.8 Å². The monoisotopic (exact) mass is 167 g/mol. The van der Waals surface area contributed by atoms with E-state index in [4.69, 9.17) is 6.57 Å². The van der Waals surface area contributed by atoms with Crippen LogP contribution >= 0.6 is 0 Å². The summed E-state index contributed by atoms with van der Waals surface area (Å²) < 4.78 is 37.3. The molecule has 0 aromatic heterocycles. The van der Waals surface area contributed by atoms with Crippen LogP contribution in [0.3, 0.4) is 0 Å². The minimum atomic E-state index is -4.53. The van der Waals surface area contributed by atoms with Gasteiger partial charge in [0.05, 0.1) is 6.61 Å². The number of alkyl halides is 3. The van der Waals surface area contributed by atoms with Gasteiger partial charge in [0.1, 0.15) is 0 Å². The molecule has 64 valence electrons. The highest BCUT2D eigenvalue weighted by molar-refractivity contribution is 4.57. The van der Waals surface area contributed by atoms with Gasteiger partial charge in [-0.05, 0) is 6.42 Å². The Morgan fingerprint density at radius 2 is 1.91 bits per heavy atom. The summed E-state index contributed by atoms with van der Waals surface area (Å²) in [4.78, 5) is 2.98. The first-order valence-electron chi connectivity index (χ1n) is 3.10. The van der Waals surface area contributed by atoms with Crippen LogP contribution in [0.4, 0.5) is 13.2 Å². The van der Waals surface area contributed by atoms with Gasteiger partial charge in [-0.3, -0.25) is 4.74 Å². The molecule has 0 aliphatic carbocycles. The summed E-state index contributed by atoms with van der Waals surface area (Å²) in [6.45, 7) is 6.24. The molecule has 0 N–H and O–H groups in total. The number of rotatable bonds is 4. The Morgan fingerprint density at radius 3 is 2.36 bits per heavy atom. The van der Waals surface area contributed by atoms with Crippen LogP contribution in [0.15, 0.2) is 0 Å². The molecule has 0 aliphatic rings. The Kier molecular flexibility index (Phi) is 4.62. The predicted molar refractivity (Wildman–Crippen MR) is 32.7 cm³/mol. The second-order valence-corrected chi connectivity index (χ2v) is 1.88. The topological polar surface area (TPSA) is 13.6 Å². The molecular formula is C6H8F3NO. The normalized spacial score (nSPS) is 11.1. The number of hydrogen-bond donors (Lipinski definition) is 0. The molecule has 0 unspecified atom stereocenters. The summed E-state index contributed by atoms with van der Waals surface area (Å²) >= 11 is 0. The molecule has 0 aromatic rings. The fourth-order valence-corrected chi connectivity index (χ4v) is 0.481. The van der Waals surface area contributed by atoms with E-state index in [1.165, 1.54) is 0 Å². The Morgan fingerprint density at radius 1 is 1.27 bits per heavy atom. The number of halogens is 3. The van der Waals surface area contributed by atoms with Gasteiger partial charge in [0, 0.05) is 6.42 Å². The van der Waals surface area contributed by atoms with Crippen molar-refractivity contribution < 1.29 is 17.9 Å². The average molecular weight is 167 g/mol. The average Bonchev–Trinajstić information content (AvgIpc) is 1.85. The predicted octanol–water partition coefficient (Wildman–Crippen LogP) is 2.22. The molecule has 5 heteroatoms. The third-order valence-corrected chi connectivity index (χ3v) is 0.930. The zero-order valence-corrected chi connectivity index (χ0v) is 5.82. The Balaban J connectivity index is 3.10. The van der Waals surface area contributed by atoms with E-state index >= 15 is 0 Å². The highest BCUT2D eigenvalue weighted by Crippen LogP contribution is 2.16. The molecule has 0 radical (unpaired) electrons. The first kappa shape index (κ1) is 10.2. The van der Waals surface area contributed by atoms with Gasteiger partial charge in [-0.15, -0.1) is 13.2 Å². The van der Waals surface area contributed by atoms with Crippen LogP contribution in [0.5, 0.6) is 0 Å². The lowest BCUT2D eigenvalue weighted by Crippen LogP contribution is -2.14. The van der Waals surface area contributed by atoms with Crippen molar-refractivity contribution in [1.82, 2.24) is 0 Å². The Bertz CT molecular complexity index is 138. The van der Waals surface area contributed by atoms with Crippen LogP contribution < -0.4 is 0 Å². The van der Waals surface area contributed by atoms with Crippen molar-refractivity contribution in [1.29, 1.82) is 0 Å². The van der Waals surface area contributed by atoms with Gasteiger partial charge < -0.3 is 4.85 Å². The zero-order chi connectivity index (χ0) is 8.74. The molecule has 0 aromatic carbocycles. The van der Waals surface area contributed by atoms with Gasteiger partial charge in [-0.1, -0.05) is 0 Å². The fraction of sp³-hybridized carbons (Fsp3) is 0.833. The lowest BCUT2D eigenvalue weighted by atomic mass is 10.3. The molecule has 11 heavy (non-hydrogen) atoms. The minimum Gasteiger partial charge on any atom is -0.317 e. The highest BCUT2D eigenvalue weighted by atomic mass is 19.4. The second kappa shape index (κ2) is 4.97. The molecule has 0 atom stereocenters. The van der Waals surface area contributed by atoms with Crippen molar-refractivity contribution in [2.45, 2.75) is 19.2 Å². The molecule has 0 saturated heterocycles. The van der Waals surface area contributed by atoms with Crippen LogP contribution in [-0.2, 0) is 4.74 Å². The quantitative estimate of drug-likeness (QED) is 0.462. The standard InChI is InChI=1S/C6H8F3NO/c1-10-4-2-3-5-11-6(7,8)9/h2-5H2. The van der Waals surface area contributed by atoms with Crippen LogP contribution in [0.25, 0.3) is 4.85 Å². The van der Waals surface area contributed by atoms with Gasteiger partial charge in [0.25, 0.3) is 0 Å². The van der Waals surface area contributed by atoms with E-state index < -0.39 is 6.36 Å². The van der Waals surface area contributed by atoms with Gasteiger partial charge in [-0.2, -0.15) is 0 Å². The maximum Gasteiger partial charge on any atom is 0.522 e. The number of ether oxygens (including phenoxy) is 1. The maximum absolute atomic E-state index is 11.3. The van der Waals surface area contributed by atoms with Crippen molar-refractivity contribution in [2.24, 2.45) is 0 Å². The second-order valence-electron chi connectivity index (χ2n) is 1.88. The summed E-state index contributed by atoms with van der Waals surface area (Å²) in [7, 11) is 0. The minimum absolute atomic E-state index is 0.265. The first-order chi connectivity index (χ1) is 5.06. The van der Waals surface area contributed by atoms with Gasteiger partial charge >= 0.3 is 6.36 Å². The number of hydrogen-bond acceptors (Lipinski definition) is 1. The van der Waals surface area contributed by atoms with E-state index in [1.807, 2.05) is 0 Å². The summed E-state index contributed by atoms with van der Waals surface area (Å²) in [5.41, 5.74) is 0. The third-order valence-electron chi connectivity index (χ3n) is 0.930. The lowest BCUT2D eigenvalue weighted by molar-refractivity contribution is -0.324. The smallest absolute Gasteiger partial charge is 0.317 e. The molecule has 0 heterocycles. The van der Waals surface area contributed by atoms with Crippen molar-refractivity contribution in [3.8, 4) is 0 Å². The number of nitrogens with zero attached hydrogens (tertiary/aromatic N) is 1. The molecule has 2 nitrogen and oxygen atoms in total. The maximum atomic E-state index is 11.3. The highest BCUT2D eigenvalue weighted by Gasteiger charge is 2.28. The summed E-state index contributed by atoms with van der Waals surface area (Å²) in [5.74, 6) is 0. The summed E-state index contributed by atoms with van der Waals surface area (Å²) in [5, 5.41) is 0. The molecule has 0 amide bonds. The molecular weight excluding hydrogens is 159 g/mol. The molecule has 0 aliphatic heterocycles. The van der Waals surface area contributed by atoms with E-state index in [1.54, 1.807) is 0 Å². The van der Waals surface area contributed by atoms with Crippen molar-refractivity contribution in [3.05, 3.63) is 11.4 Å². The summed E-state index contributed by atoms with van der Waals surface area (Å²) in [6, 6.07) is 0. The van der Waals surface area contributed by atoms with E-state index in [9.17, 15) is 13.2 Å². The Hall–Kier alpha value is -0.760. The van der Waals surface area contributed by atoms with Gasteiger partial charge in [0.15, 0.2) is 0 Å². The van der Waals surface area contributed by atoms with Crippen molar-refractivity contribution >= 4 is 0 Å². The fourth-order valence-electron chi connectivity index (χ4n) is 0.481. The van der Waals surface area contributed by atoms with E-state index in [2.05, 4.69) is 9.58 Å². The van der Waals surface area contributed by atoms with Crippen LogP contribution in [-0.4, -0.2) is 19.5 Å². The van der Waals surface area contributed by atoms with E-state index in [0.29, 0.717) is 6.42 Å². The van der Waals surface area contributed by atoms with Crippen molar-refractivity contribution in [2.75, 3.05) is 13.2 Å². The van der Waals surface area contributed by atoms with E-state index in [0.717, 1.165) is 0 Å². The molecule has 0 rings (SSSR count). The molecule has 0 saturated carbocycles. The molecule has 0 bridgehead atoms. The lowest BCUT2D eigenvalue weighted by Gasteiger charge is -2.04. The number of unbranched alkanes of at least 4 members (excludes halogenated alkanes) is 1. The SMILES string of the molecule is [C-]#[N+]CCCCOC(F)(F)F. The first-order valence-corrected chi connectivity index (χ1v) is 3.10. The summed E-state index contributed by atoms with van der Waals surface area (Å²) in [6.07, 6.45) is -3.79. The molecule has 0 spiro atoms. The largest absolute Gasteiger partial charge is 0.522 e. The van der Waals surface area contributed by atoms with E-state index in [-0.39, 0.29) is 19.6 Å². The van der Waals surface area contributed by atoms with Crippen LogP contribution in [0.1, 0.15) is 12.8 Å². The van der Waals surface area contributed by atoms with Gasteiger partial charge in [0.2, 0.25) is 6.54 Å². The van der Waals surface area contributed by atoms with Gasteiger partial charge in [-0.25, -0.2) is 6.57 Å². The van der Waals surface area contributed by atoms with Crippen LogP contribution in [0.2, 0.25) is 0 Å².